The smallest absolute Gasteiger partial charge is 0.322 e. The lowest BCUT2D eigenvalue weighted by atomic mass is 10.1. The molecule has 0 spiro atoms. The van der Waals surface area contributed by atoms with E-state index in [0.29, 0.717) is 6.42 Å². The fourth-order valence-corrected chi connectivity index (χ4v) is 1.11. The fourth-order valence-electron chi connectivity index (χ4n) is 1.11. The van der Waals surface area contributed by atoms with Crippen LogP contribution >= 0.6 is 12.4 Å². The average molecular weight is 234 g/mol. The van der Waals surface area contributed by atoms with Crippen LogP contribution < -0.4 is 5.73 Å². The van der Waals surface area contributed by atoms with Crippen molar-refractivity contribution in [2.45, 2.75) is 12.5 Å². The fraction of sp³-hybridized carbons (Fsp3) is 0.300. The van der Waals surface area contributed by atoms with Crippen molar-refractivity contribution >= 4 is 18.4 Å². The van der Waals surface area contributed by atoms with Gasteiger partial charge in [-0.3, -0.25) is 4.79 Å². The van der Waals surface area contributed by atoms with Crippen LogP contribution in [-0.4, -0.2) is 19.1 Å². The van der Waals surface area contributed by atoms with Gasteiger partial charge in [0.15, 0.2) is 0 Å². The van der Waals surface area contributed by atoms with Gasteiger partial charge in [-0.2, -0.15) is 0 Å². The third-order valence-electron chi connectivity index (χ3n) is 1.87. The van der Waals surface area contributed by atoms with Crippen LogP contribution in [0, 0.1) is 5.82 Å². The largest absolute Gasteiger partial charge is 0.468 e. The number of esters is 1. The Labute approximate surface area is 93.8 Å². The lowest BCUT2D eigenvalue weighted by molar-refractivity contribution is -0.142. The maximum atomic E-state index is 12.5. The van der Waals surface area contributed by atoms with Gasteiger partial charge in [0.05, 0.1) is 7.11 Å². The minimum absolute atomic E-state index is 0. The van der Waals surface area contributed by atoms with Crippen molar-refractivity contribution in [1.29, 1.82) is 0 Å². The van der Waals surface area contributed by atoms with Crippen LogP contribution in [0.15, 0.2) is 24.3 Å². The third-order valence-corrected chi connectivity index (χ3v) is 1.87. The second-order valence-electron chi connectivity index (χ2n) is 2.96. The molecule has 15 heavy (non-hydrogen) atoms. The molecule has 0 heterocycles. The quantitative estimate of drug-likeness (QED) is 0.801. The molecule has 0 aliphatic heterocycles. The van der Waals surface area contributed by atoms with Crippen LogP contribution in [0.25, 0.3) is 0 Å². The van der Waals surface area contributed by atoms with Gasteiger partial charge in [-0.25, -0.2) is 4.39 Å². The molecule has 0 bridgehead atoms. The number of carbonyl (C=O) groups excluding carboxylic acids is 1. The zero-order chi connectivity index (χ0) is 10.6. The second-order valence-corrected chi connectivity index (χ2v) is 2.96. The van der Waals surface area contributed by atoms with Crippen LogP contribution in [0.3, 0.4) is 0 Å². The minimum Gasteiger partial charge on any atom is -0.468 e. The van der Waals surface area contributed by atoms with Crippen LogP contribution in [-0.2, 0) is 16.0 Å². The number of methoxy groups -OCH3 is 1. The van der Waals surface area contributed by atoms with Crippen LogP contribution in [0.4, 0.5) is 4.39 Å². The Morgan fingerprint density at radius 1 is 1.47 bits per heavy atom. The van der Waals surface area contributed by atoms with E-state index in [4.69, 9.17) is 5.73 Å². The molecule has 0 amide bonds. The first-order valence-corrected chi connectivity index (χ1v) is 4.21. The molecule has 0 radical (unpaired) electrons. The summed E-state index contributed by atoms with van der Waals surface area (Å²) < 4.78 is 17.0. The van der Waals surface area contributed by atoms with E-state index in [-0.39, 0.29) is 18.2 Å². The van der Waals surface area contributed by atoms with Gasteiger partial charge in [0.1, 0.15) is 11.9 Å². The highest BCUT2D eigenvalue weighted by Gasteiger charge is 2.13. The summed E-state index contributed by atoms with van der Waals surface area (Å²) in [5.41, 5.74) is 6.34. The molecule has 1 aromatic carbocycles. The van der Waals surface area contributed by atoms with Gasteiger partial charge < -0.3 is 10.5 Å². The zero-order valence-electron chi connectivity index (χ0n) is 8.27. The van der Waals surface area contributed by atoms with Crippen LogP contribution in [0.1, 0.15) is 5.56 Å². The topological polar surface area (TPSA) is 52.3 Å². The molecule has 0 aliphatic carbocycles. The van der Waals surface area contributed by atoms with E-state index in [1.54, 1.807) is 12.1 Å². The summed E-state index contributed by atoms with van der Waals surface area (Å²) in [6.07, 6.45) is 0.354. The van der Waals surface area contributed by atoms with E-state index in [9.17, 15) is 9.18 Å². The molecule has 2 N–H and O–H groups in total. The van der Waals surface area contributed by atoms with Gasteiger partial charge in [-0.1, -0.05) is 12.1 Å². The Morgan fingerprint density at radius 3 is 2.47 bits per heavy atom. The molecule has 1 atom stereocenters. The predicted octanol–water partition coefficient (Wildman–Crippen LogP) is 1.29. The van der Waals surface area contributed by atoms with Crippen molar-refractivity contribution in [2.24, 2.45) is 5.73 Å². The van der Waals surface area contributed by atoms with Crippen molar-refractivity contribution in [3.05, 3.63) is 35.6 Å². The number of rotatable bonds is 3. The van der Waals surface area contributed by atoms with Crippen molar-refractivity contribution in [2.75, 3.05) is 7.11 Å². The summed E-state index contributed by atoms with van der Waals surface area (Å²) in [5, 5.41) is 0. The number of halogens is 2. The Bertz CT molecular complexity index is 316. The maximum Gasteiger partial charge on any atom is 0.322 e. The average Bonchev–Trinajstić information content (AvgIpc) is 2.20. The molecular weight excluding hydrogens is 221 g/mol. The van der Waals surface area contributed by atoms with E-state index in [2.05, 4.69) is 4.74 Å². The molecule has 0 saturated heterocycles. The Balaban J connectivity index is 0.00000196. The SMILES string of the molecule is COC(=O)C(N)Cc1ccc(F)cc1.Cl. The van der Waals surface area contributed by atoms with Crippen LogP contribution in [0.2, 0.25) is 0 Å². The first-order chi connectivity index (χ1) is 6.63. The summed E-state index contributed by atoms with van der Waals surface area (Å²) in [6.45, 7) is 0. The Hall–Kier alpha value is -1.13. The van der Waals surface area contributed by atoms with E-state index < -0.39 is 12.0 Å². The summed E-state index contributed by atoms with van der Waals surface area (Å²) in [5.74, 6) is -0.769. The summed E-state index contributed by atoms with van der Waals surface area (Å²) in [6, 6.07) is 5.17. The first kappa shape index (κ1) is 13.9. The van der Waals surface area contributed by atoms with E-state index >= 15 is 0 Å². The number of ether oxygens (including phenoxy) is 1. The van der Waals surface area contributed by atoms with Crippen molar-refractivity contribution in [3.63, 3.8) is 0 Å². The summed E-state index contributed by atoms with van der Waals surface area (Å²) in [4.78, 5) is 11.0. The second kappa shape index (κ2) is 6.37. The number of nitrogens with two attached hydrogens (primary N) is 1. The summed E-state index contributed by atoms with van der Waals surface area (Å²) >= 11 is 0. The first-order valence-electron chi connectivity index (χ1n) is 4.21. The third kappa shape index (κ3) is 4.27. The molecule has 0 fully saturated rings. The maximum absolute atomic E-state index is 12.5. The highest BCUT2D eigenvalue weighted by Crippen LogP contribution is 2.05. The molecular formula is C10H13ClFNO2. The van der Waals surface area contributed by atoms with Gasteiger partial charge in [0.25, 0.3) is 0 Å². The Morgan fingerprint density at radius 2 is 2.00 bits per heavy atom. The number of benzene rings is 1. The zero-order valence-corrected chi connectivity index (χ0v) is 9.09. The van der Waals surface area contributed by atoms with Gasteiger partial charge in [-0.05, 0) is 24.1 Å². The summed E-state index contributed by atoms with van der Waals surface area (Å²) in [7, 11) is 1.28. The molecule has 0 saturated carbocycles. The molecule has 5 heteroatoms. The molecule has 3 nitrogen and oxygen atoms in total. The van der Waals surface area contributed by atoms with Crippen molar-refractivity contribution in [1.82, 2.24) is 0 Å². The van der Waals surface area contributed by atoms with Gasteiger partial charge in [-0.15, -0.1) is 12.4 Å². The monoisotopic (exact) mass is 233 g/mol. The number of hydrogen-bond acceptors (Lipinski definition) is 3. The molecule has 1 aromatic rings. The van der Waals surface area contributed by atoms with Gasteiger partial charge >= 0.3 is 5.97 Å². The lowest BCUT2D eigenvalue weighted by Crippen LogP contribution is -2.33. The lowest BCUT2D eigenvalue weighted by Gasteiger charge is -2.08. The highest BCUT2D eigenvalue weighted by atomic mass is 35.5. The standard InChI is InChI=1S/C10H12FNO2.ClH/c1-14-10(13)9(12)6-7-2-4-8(11)5-3-7;/h2-5,9H,6,12H2,1H3;1H. The molecule has 0 aromatic heterocycles. The minimum atomic E-state index is -0.689. The predicted molar refractivity (Wildman–Crippen MR) is 57.3 cm³/mol. The van der Waals surface area contributed by atoms with Gasteiger partial charge in [0.2, 0.25) is 0 Å². The highest BCUT2D eigenvalue weighted by molar-refractivity contribution is 5.85. The molecule has 1 unspecified atom stereocenters. The van der Waals surface area contributed by atoms with E-state index in [1.807, 2.05) is 0 Å². The Kier molecular flexibility index (Phi) is 5.89. The molecule has 0 aliphatic rings. The number of carbonyl (C=O) groups is 1. The van der Waals surface area contributed by atoms with Gasteiger partial charge in [0, 0.05) is 0 Å². The van der Waals surface area contributed by atoms with Crippen molar-refractivity contribution < 1.29 is 13.9 Å². The van der Waals surface area contributed by atoms with Crippen molar-refractivity contribution in [3.8, 4) is 0 Å². The normalized spacial score (nSPS) is 11.4. The van der Waals surface area contributed by atoms with Crippen LogP contribution in [0.5, 0.6) is 0 Å². The van der Waals surface area contributed by atoms with E-state index in [0.717, 1.165) is 5.56 Å². The molecule has 1 rings (SSSR count). The number of hydrogen-bond donors (Lipinski definition) is 1. The van der Waals surface area contributed by atoms with E-state index in [1.165, 1.54) is 19.2 Å². The molecule has 84 valence electrons.